The van der Waals surface area contributed by atoms with Crippen molar-refractivity contribution in [1.29, 1.82) is 0 Å². The second kappa shape index (κ2) is 5.85. The standard InChI is InChI=1S/C11H21BrN2O/c1-4-14-7-5-6-10(14)8-13(3)11(15)9(2)12/h9-10H,4-8H2,1-3H3. The number of amides is 1. The van der Waals surface area contributed by atoms with Gasteiger partial charge in [-0.05, 0) is 32.9 Å². The van der Waals surface area contributed by atoms with E-state index in [0.29, 0.717) is 6.04 Å². The molecule has 15 heavy (non-hydrogen) atoms. The Hall–Kier alpha value is -0.0900. The molecule has 0 aromatic heterocycles. The Bertz CT molecular complexity index is 221. The predicted molar refractivity (Wildman–Crippen MR) is 66.3 cm³/mol. The fourth-order valence-electron chi connectivity index (χ4n) is 2.23. The van der Waals surface area contributed by atoms with Crippen LogP contribution < -0.4 is 0 Å². The number of rotatable bonds is 4. The predicted octanol–water partition coefficient (Wildman–Crippen LogP) is 1.71. The second-order valence-corrected chi connectivity index (χ2v) is 5.63. The van der Waals surface area contributed by atoms with E-state index in [0.717, 1.165) is 13.1 Å². The van der Waals surface area contributed by atoms with Gasteiger partial charge in [-0.1, -0.05) is 22.9 Å². The SMILES string of the molecule is CCN1CCCC1CN(C)C(=O)C(C)Br. The molecule has 1 fully saturated rings. The normalized spacial score (nSPS) is 24.1. The third-order valence-corrected chi connectivity index (χ3v) is 3.50. The number of likely N-dealkylation sites (N-methyl/N-ethyl adjacent to an activating group) is 2. The maximum Gasteiger partial charge on any atom is 0.235 e. The first-order valence-corrected chi connectivity index (χ1v) is 6.61. The number of carbonyl (C=O) groups excluding carboxylic acids is 1. The molecule has 2 unspecified atom stereocenters. The minimum atomic E-state index is -0.0704. The lowest BCUT2D eigenvalue weighted by molar-refractivity contribution is -0.129. The average Bonchev–Trinajstić information content (AvgIpc) is 2.63. The fraction of sp³-hybridized carbons (Fsp3) is 0.909. The number of likely N-dealkylation sites (tertiary alicyclic amines) is 1. The smallest absolute Gasteiger partial charge is 0.235 e. The third kappa shape index (κ3) is 3.45. The van der Waals surface area contributed by atoms with Gasteiger partial charge in [-0.3, -0.25) is 9.69 Å². The van der Waals surface area contributed by atoms with Crippen LogP contribution in [-0.4, -0.2) is 53.3 Å². The lowest BCUT2D eigenvalue weighted by Crippen LogP contribution is -2.42. The van der Waals surface area contributed by atoms with Gasteiger partial charge < -0.3 is 4.90 Å². The minimum Gasteiger partial charge on any atom is -0.343 e. The van der Waals surface area contributed by atoms with E-state index in [2.05, 4.69) is 27.8 Å². The van der Waals surface area contributed by atoms with Gasteiger partial charge in [-0.25, -0.2) is 0 Å². The van der Waals surface area contributed by atoms with Crippen LogP contribution >= 0.6 is 15.9 Å². The molecule has 0 bridgehead atoms. The number of hydrogen-bond acceptors (Lipinski definition) is 2. The highest BCUT2D eigenvalue weighted by molar-refractivity contribution is 9.10. The van der Waals surface area contributed by atoms with Crippen LogP contribution in [0.25, 0.3) is 0 Å². The molecule has 0 aliphatic carbocycles. The first-order valence-electron chi connectivity index (χ1n) is 5.69. The summed E-state index contributed by atoms with van der Waals surface area (Å²) in [5, 5.41) is 0. The fourth-order valence-corrected chi connectivity index (χ4v) is 2.58. The van der Waals surface area contributed by atoms with E-state index in [9.17, 15) is 4.79 Å². The Morgan fingerprint density at radius 3 is 2.87 bits per heavy atom. The molecular weight excluding hydrogens is 256 g/mol. The van der Waals surface area contributed by atoms with Gasteiger partial charge in [0.2, 0.25) is 5.91 Å². The maximum absolute atomic E-state index is 11.7. The molecule has 1 aliphatic heterocycles. The van der Waals surface area contributed by atoms with Crippen molar-refractivity contribution in [2.75, 3.05) is 26.7 Å². The van der Waals surface area contributed by atoms with Crippen LogP contribution in [0.3, 0.4) is 0 Å². The number of alkyl halides is 1. The second-order valence-electron chi connectivity index (χ2n) is 4.26. The van der Waals surface area contributed by atoms with Crippen LogP contribution in [0, 0.1) is 0 Å². The average molecular weight is 277 g/mol. The van der Waals surface area contributed by atoms with Crippen molar-refractivity contribution < 1.29 is 4.79 Å². The van der Waals surface area contributed by atoms with Crippen molar-refractivity contribution >= 4 is 21.8 Å². The van der Waals surface area contributed by atoms with Gasteiger partial charge in [0.05, 0.1) is 4.83 Å². The van der Waals surface area contributed by atoms with Gasteiger partial charge in [-0.2, -0.15) is 0 Å². The Morgan fingerprint density at radius 1 is 1.67 bits per heavy atom. The summed E-state index contributed by atoms with van der Waals surface area (Å²) in [5.41, 5.74) is 0. The van der Waals surface area contributed by atoms with Crippen molar-refractivity contribution in [3.8, 4) is 0 Å². The third-order valence-electron chi connectivity index (χ3n) is 3.11. The molecule has 0 N–H and O–H groups in total. The highest BCUT2D eigenvalue weighted by atomic mass is 79.9. The summed E-state index contributed by atoms with van der Waals surface area (Å²) >= 11 is 3.32. The van der Waals surface area contributed by atoms with E-state index in [-0.39, 0.29) is 10.7 Å². The number of halogens is 1. The molecule has 0 radical (unpaired) electrons. The van der Waals surface area contributed by atoms with Crippen LogP contribution in [0.15, 0.2) is 0 Å². The van der Waals surface area contributed by atoms with Crippen LogP contribution in [0.5, 0.6) is 0 Å². The Kier molecular flexibility index (Phi) is 5.06. The molecule has 1 rings (SSSR count). The zero-order valence-corrected chi connectivity index (χ0v) is 11.5. The van der Waals surface area contributed by atoms with Crippen molar-refractivity contribution in [3.05, 3.63) is 0 Å². The maximum atomic E-state index is 11.7. The summed E-state index contributed by atoms with van der Waals surface area (Å²) in [6.07, 6.45) is 2.49. The quantitative estimate of drug-likeness (QED) is 0.730. The molecule has 2 atom stereocenters. The largest absolute Gasteiger partial charge is 0.343 e. The van der Waals surface area contributed by atoms with Crippen molar-refractivity contribution in [2.24, 2.45) is 0 Å². The topological polar surface area (TPSA) is 23.6 Å². The number of nitrogens with zero attached hydrogens (tertiary/aromatic N) is 2. The van der Waals surface area contributed by atoms with Crippen molar-refractivity contribution in [1.82, 2.24) is 9.80 Å². The first kappa shape index (κ1) is 13.0. The van der Waals surface area contributed by atoms with Crippen molar-refractivity contribution in [3.63, 3.8) is 0 Å². The van der Waals surface area contributed by atoms with E-state index < -0.39 is 0 Å². The molecule has 0 spiro atoms. The van der Waals surface area contributed by atoms with E-state index in [1.54, 1.807) is 0 Å². The molecule has 3 nitrogen and oxygen atoms in total. The van der Waals surface area contributed by atoms with Gasteiger partial charge >= 0.3 is 0 Å². The molecule has 1 amide bonds. The van der Waals surface area contributed by atoms with Crippen LogP contribution in [0.1, 0.15) is 26.7 Å². The molecule has 0 saturated carbocycles. The lowest BCUT2D eigenvalue weighted by atomic mass is 10.2. The van der Waals surface area contributed by atoms with Crippen LogP contribution in [0.2, 0.25) is 0 Å². The molecule has 4 heteroatoms. The number of hydrogen-bond donors (Lipinski definition) is 0. The summed E-state index contributed by atoms with van der Waals surface area (Å²) in [5.74, 6) is 0.179. The van der Waals surface area contributed by atoms with E-state index in [1.165, 1.54) is 19.4 Å². The summed E-state index contributed by atoms with van der Waals surface area (Å²) in [4.78, 5) is 15.9. The van der Waals surface area contributed by atoms with Gasteiger partial charge in [0.15, 0.2) is 0 Å². The number of carbonyl (C=O) groups is 1. The molecule has 88 valence electrons. The first-order chi connectivity index (χ1) is 7.06. The molecule has 1 saturated heterocycles. The van der Waals surface area contributed by atoms with Crippen molar-refractivity contribution in [2.45, 2.75) is 37.6 Å². The summed E-state index contributed by atoms with van der Waals surface area (Å²) in [6, 6.07) is 0.565. The van der Waals surface area contributed by atoms with E-state index >= 15 is 0 Å². The van der Waals surface area contributed by atoms with Gasteiger partial charge in [-0.15, -0.1) is 0 Å². The van der Waals surface area contributed by atoms with Crippen LogP contribution in [0.4, 0.5) is 0 Å². The van der Waals surface area contributed by atoms with Gasteiger partial charge in [0.1, 0.15) is 0 Å². The molecular formula is C11H21BrN2O. The molecule has 1 heterocycles. The highest BCUT2D eigenvalue weighted by Crippen LogP contribution is 2.17. The molecule has 0 aromatic carbocycles. The molecule has 1 aliphatic rings. The summed E-state index contributed by atoms with van der Waals surface area (Å²) < 4.78 is 0. The van der Waals surface area contributed by atoms with E-state index in [1.807, 2.05) is 18.9 Å². The Labute approximate surface area is 101 Å². The Balaban J connectivity index is 2.43. The zero-order chi connectivity index (χ0) is 11.4. The molecule has 0 aromatic rings. The lowest BCUT2D eigenvalue weighted by Gasteiger charge is -2.28. The van der Waals surface area contributed by atoms with Gasteiger partial charge in [0, 0.05) is 19.6 Å². The van der Waals surface area contributed by atoms with E-state index in [4.69, 9.17) is 0 Å². The summed E-state index contributed by atoms with van der Waals surface area (Å²) in [7, 11) is 1.90. The minimum absolute atomic E-state index is 0.0704. The van der Waals surface area contributed by atoms with Gasteiger partial charge in [0.25, 0.3) is 0 Å². The van der Waals surface area contributed by atoms with Crippen LogP contribution in [-0.2, 0) is 4.79 Å². The highest BCUT2D eigenvalue weighted by Gasteiger charge is 2.26. The summed E-state index contributed by atoms with van der Waals surface area (Å²) in [6.45, 7) is 7.21. The monoisotopic (exact) mass is 276 g/mol. The Morgan fingerprint density at radius 2 is 2.33 bits per heavy atom. The zero-order valence-electron chi connectivity index (χ0n) is 9.87.